The number of ether oxygens (including phenoxy) is 1. The van der Waals surface area contributed by atoms with Crippen molar-refractivity contribution in [3.63, 3.8) is 0 Å². The molecule has 2 N–H and O–H groups in total. The molecule has 0 bridgehead atoms. The maximum Gasteiger partial charge on any atom is 0.227 e. The molecule has 0 radical (unpaired) electrons. The van der Waals surface area contributed by atoms with Crippen molar-refractivity contribution >= 4 is 11.6 Å². The third-order valence-electron chi connectivity index (χ3n) is 2.85. The molecular weight excluding hydrogens is 240 g/mol. The summed E-state index contributed by atoms with van der Waals surface area (Å²) in [6.45, 7) is 5.34. The molecule has 0 atom stereocenters. The van der Waals surface area contributed by atoms with Crippen LogP contribution in [0, 0.1) is 5.92 Å². The topological polar surface area (TPSA) is 55.6 Å². The maximum absolute atomic E-state index is 12.3. The second-order valence-corrected chi connectivity index (χ2v) is 4.98. The molecule has 0 aliphatic carbocycles. The SMILES string of the molecule is COc1ccc(N(CCCN)C(=O)CC(C)C)cc1. The Bertz CT molecular complexity index is 388. The van der Waals surface area contributed by atoms with Crippen LogP contribution in [-0.2, 0) is 4.79 Å². The average Bonchev–Trinajstić information content (AvgIpc) is 2.39. The first kappa shape index (κ1) is 15.5. The summed E-state index contributed by atoms with van der Waals surface area (Å²) < 4.78 is 5.13. The number of amides is 1. The Morgan fingerprint density at radius 1 is 1.32 bits per heavy atom. The van der Waals surface area contributed by atoms with Crippen LogP contribution < -0.4 is 15.4 Å². The van der Waals surface area contributed by atoms with Gasteiger partial charge in [0.1, 0.15) is 5.75 Å². The zero-order valence-electron chi connectivity index (χ0n) is 12.1. The molecule has 4 heteroatoms. The number of benzene rings is 1. The van der Waals surface area contributed by atoms with E-state index in [0.29, 0.717) is 25.4 Å². The van der Waals surface area contributed by atoms with E-state index in [0.717, 1.165) is 17.9 Å². The lowest BCUT2D eigenvalue weighted by atomic mass is 10.1. The number of hydrogen-bond acceptors (Lipinski definition) is 3. The lowest BCUT2D eigenvalue weighted by Gasteiger charge is -2.23. The molecule has 0 heterocycles. The van der Waals surface area contributed by atoms with Gasteiger partial charge in [-0.2, -0.15) is 0 Å². The number of nitrogens with zero attached hydrogens (tertiary/aromatic N) is 1. The molecule has 0 aromatic heterocycles. The molecule has 1 aromatic rings. The summed E-state index contributed by atoms with van der Waals surface area (Å²) in [6.07, 6.45) is 1.35. The monoisotopic (exact) mass is 264 g/mol. The van der Waals surface area contributed by atoms with E-state index in [4.69, 9.17) is 10.5 Å². The van der Waals surface area contributed by atoms with Crippen molar-refractivity contribution in [1.82, 2.24) is 0 Å². The van der Waals surface area contributed by atoms with Crippen molar-refractivity contribution in [2.75, 3.05) is 25.1 Å². The molecule has 0 spiro atoms. The van der Waals surface area contributed by atoms with Crippen LogP contribution in [0.3, 0.4) is 0 Å². The number of nitrogens with two attached hydrogens (primary N) is 1. The molecule has 0 aliphatic rings. The Morgan fingerprint density at radius 3 is 2.42 bits per heavy atom. The quantitative estimate of drug-likeness (QED) is 0.823. The fraction of sp³-hybridized carbons (Fsp3) is 0.533. The van der Waals surface area contributed by atoms with Crippen LogP contribution in [0.4, 0.5) is 5.69 Å². The summed E-state index contributed by atoms with van der Waals surface area (Å²) in [5.74, 6) is 1.29. The molecule has 0 unspecified atom stereocenters. The Kier molecular flexibility index (Phi) is 6.36. The normalized spacial score (nSPS) is 10.6. The number of carbonyl (C=O) groups is 1. The van der Waals surface area contributed by atoms with E-state index < -0.39 is 0 Å². The number of methoxy groups -OCH3 is 1. The molecule has 1 rings (SSSR count). The highest BCUT2D eigenvalue weighted by molar-refractivity contribution is 5.93. The van der Waals surface area contributed by atoms with Gasteiger partial charge in [-0.25, -0.2) is 0 Å². The first-order chi connectivity index (χ1) is 9.08. The second-order valence-electron chi connectivity index (χ2n) is 4.98. The van der Waals surface area contributed by atoms with E-state index in [9.17, 15) is 4.79 Å². The van der Waals surface area contributed by atoms with Crippen molar-refractivity contribution in [3.05, 3.63) is 24.3 Å². The fourth-order valence-electron chi connectivity index (χ4n) is 1.87. The van der Waals surface area contributed by atoms with Gasteiger partial charge in [-0.1, -0.05) is 13.8 Å². The predicted molar refractivity (Wildman–Crippen MR) is 78.5 cm³/mol. The number of carbonyl (C=O) groups excluding carboxylic acids is 1. The van der Waals surface area contributed by atoms with Crippen molar-refractivity contribution in [2.45, 2.75) is 26.7 Å². The minimum Gasteiger partial charge on any atom is -0.497 e. The Balaban J connectivity index is 2.84. The molecular formula is C15H24N2O2. The third kappa shape index (κ3) is 4.91. The van der Waals surface area contributed by atoms with E-state index in [2.05, 4.69) is 0 Å². The van der Waals surface area contributed by atoms with Crippen LogP contribution in [-0.4, -0.2) is 26.1 Å². The first-order valence-corrected chi connectivity index (χ1v) is 6.73. The molecule has 4 nitrogen and oxygen atoms in total. The lowest BCUT2D eigenvalue weighted by molar-refractivity contribution is -0.119. The fourth-order valence-corrected chi connectivity index (χ4v) is 1.87. The van der Waals surface area contributed by atoms with Gasteiger partial charge in [0.05, 0.1) is 7.11 Å². The minimum absolute atomic E-state index is 0.147. The van der Waals surface area contributed by atoms with E-state index in [1.807, 2.05) is 43.0 Å². The summed E-state index contributed by atoms with van der Waals surface area (Å²) in [4.78, 5) is 14.1. The number of rotatable bonds is 7. The highest BCUT2D eigenvalue weighted by Gasteiger charge is 2.16. The third-order valence-corrected chi connectivity index (χ3v) is 2.85. The molecule has 1 aromatic carbocycles. The van der Waals surface area contributed by atoms with Crippen molar-refractivity contribution in [3.8, 4) is 5.75 Å². The molecule has 1 amide bonds. The first-order valence-electron chi connectivity index (χ1n) is 6.73. The second kappa shape index (κ2) is 7.79. The van der Waals surface area contributed by atoms with Crippen LogP contribution in [0.15, 0.2) is 24.3 Å². The van der Waals surface area contributed by atoms with Crippen LogP contribution in [0.5, 0.6) is 5.75 Å². The summed E-state index contributed by atoms with van der Waals surface area (Å²) >= 11 is 0. The van der Waals surface area contributed by atoms with Crippen molar-refractivity contribution in [2.24, 2.45) is 11.7 Å². The summed E-state index contributed by atoms with van der Waals surface area (Å²) in [5, 5.41) is 0. The largest absolute Gasteiger partial charge is 0.497 e. The molecule has 0 fully saturated rings. The van der Waals surface area contributed by atoms with Crippen LogP contribution in [0.2, 0.25) is 0 Å². The van der Waals surface area contributed by atoms with Crippen molar-refractivity contribution < 1.29 is 9.53 Å². The van der Waals surface area contributed by atoms with Gasteiger partial charge in [-0.3, -0.25) is 4.79 Å². The number of hydrogen-bond donors (Lipinski definition) is 1. The maximum atomic E-state index is 12.3. The van der Waals surface area contributed by atoms with Gasteiger partial charge in [-0.15, -0.1) is 0 Å². The van der Waals surface area contributed by atoms with Gasteiger partial charge < -0.3 is 15.4 Å². The highest BCUT2D eigenvalue weighted by atomic mass is 16.5. The lowest BCUT2D eigenvalue weighted by Crippen LogP contribution is -2.33. The van der Waals surface area contributed by atoms with E-state index in [-0.39, 0.29) is 5.91 Å². The standard InChI is InChI=1S/C15H24N2O2/c1-12(2)11-15(18)17(10-4-9-16)13-5-7-14(19-3)8-6-13/h5-8,12H,4,9-11,16H2,1-3H3. The average molecular weight is 264 g/mol. The van der Waals surface area contributed by atoms with Crippen LogP contribution in [0.25, 0.3) is 0 Å². The predicted octanol–water partition coefficient (Wildman–Crippen LogP) is 2.42. The highest BCUT2D eigenvalue weighted by Crippen LogP contribution is 2.21. The summed E-state index contributed by atoms with van der Waals surface area (Å²) in [7, 11) is 1.63. The summed E-state index contributed by atoms with van der Waals surface area (Å²) in [6, 6.07) is 7.56. The summed E-state index contributed by atoms with van der Waals surface area (Å²) in [5.41, 5.74) is 6.45. The molecule has 0 saturated heterocycles. The Hall–Kier alpha value is -1.55. The van der Waals surface area contributed by atoms with E-state index >= 15 is 0 Å². The minimum atomic E-state index is 0.147. The Labute approximate surface area is 115 Å². The molecule has 0 aliphatic heterocycles. The van der Waals surface area contributed by atoms with Gasteiger partial charge in [0.2, 0.25) is 5.91 Å². The van der Waals surface area contributed by atoms with Gasteiger partial charge in [0.15, 0.2) is 0 Å². The van der Waals surface area contributed by atoms with Crippen molar-refractivity contribution in [1.29, 1.82) is 0 Å². The van der Waals surface area contributed by atoms with Gasteiger partial charge in [-0.05, 0) is 43.1 Å². The molecule has 19 heavy (non-hydrogen) atoms. The zero-order valence-corrected chi connectivity index (χ0v) is 12.1. The van der Waals surface area contributed by atoms with Gasteiger partial charge in [0.25, 0.3) is 0 Å². The Morgan fingerprint density at radius 2 is 1.95 bits per heavy atom. The van der Waals surface area contributed by atoms with Crippen LogP contribution >= 0.6 is 0 Å². The molecule has 0 saturated carbocycles. The number of anilines is 1. The van der Waals surface area contributed by atoms with E-state index in [1.165, 1.54) is 0 Å². The van der Waals surface area contributed by atoms with Gasteiger partial charge >= 0.3 is 0 Å². The zero-order chi connectivity index (χ0) is 14.3. The van der Waals surface area contributed by atoms with Gasteiger partial charge in [0, 0.05) is 18.7 Å². The van der Waals surface area contributed by atoms with Crippen LogP contribution in [0.1, 0.15) is 26.7 Å². The van der Waals surface area contributed by atoms with E-state index in [1.54, 1.807) is 7.11 Å². The molecule has 106 valence electrons. The smallest absolute Gasteiger partial charge is 0.227 e.